The molecule has 0 radical (unpaired) electrons. The van der Waals surface area contributed by atoms with Gasteiger partial charge in [-0.3, -0.25) is 9.89 Å². The lowest BCUT2D eigenvalue weighted by Crippen LogP contribution is -2.22. The third kappa shape index (κ3) is 5.28. The molecule has 0 fully saturated rings. The number of aromatic amines is 1. The summed E-state index contributed by atoms with van der Waals surface area (Å²) in [6.45, 7) is 2.53. The molecule has 28 heavy (non-hydrogen) atoms. The SMILES string of the molecule is CCCCCCc1ccc(C(=O)NCc2cn[nH]c2-c2cccc(F)c2)cc1. The molecule has 0 unspecified atom stereocenters. The molecule has 0 spiro atoms. The zero-order valence-corrected chi connectivity index (χ0v) is 16.2. The first-order valence-corrected chi connectivity index (χ1v) is 9.82. The molecule has 3 aromatic rings. The van der Waals surface area contributed by atoms with Crippen LogP contribution >= 0.6 is 0 Å². The number of hydrogen-bond acceptors (Lipinski definition) is 2. The molecule has 2 aromatic carbocycles. The fourth-order valence-corrected chi connectivity index (χ4v) is 3.20. The highest BCUT2D eigenvalue weighted by Crippen LogP contribution is 2.21. The summed E-state index contributed by atoms with van der Waals surface area (Å²) in [6.07, 6.45) is 7.64. The third-order valence-corrected chi connectivity index (χ3v) is 4.81. The second-order valence-electron chi connectivity index (χ2n) is 6.97. The van der Waals surface area contributed by atoms with Gasteiger partial charge >= 0.3 is 0 Å². The standard InChI is InChI=1S/C23H26FN3O/c1-2-3-4-5-7-17-10-12-18(13-11-17)23(28)25-15-20-16-26-27-22(20)19-8-6-9-21(24)14-19/h6,8-14,16H,2-5,7,15H2,1H3,(H,25,28)(H,26,27). The second-order valence-corrected chi connectivity index (χ2v) is 6.97. The van der Waals surface area contributed by atoms with Crippen LogP contribution in [0.3, 0.4) is 0 Å². The van der Waals surface area contributed by atoms with Crippen LogP contribution in [0, 0.1) is 5.82 Å². The van der Waals surface area contributed by atoms with Crippen LogP contribution in [0.5, 0.6) is 0 Å². The van der Waals surface area contributed by atoms with Crippen LogP contribution in [0.1, 0.15) is 54.1 Å². The lowest BCUT2D eigenvalue weighted by Gasteiger charge is -2.07. The summed E-state index contributed by atoms with van der Waals surface area (Å²) in [7, 11) is 0. The average molecular weight is 379 g/mol. The first-order chi connectivity index (χ1) is 13.7. The van der Waals surface area contributed by atoms with Gasteiger partial charge in [-0.1, -0.05) is 50.5 Å². The Morgan fingerprint density at radius 2 is 1.93 bits per heavy atom. The molecular weight excluding hydrogens is 353 g/mol. The van der Waals surface area contributed by atoms with Gasteiger partial charge in [0.2, 0.25) is 0 Å². The van der Waals surface area contributed by atoms with Gasteiger partial charge in [0.05, 0.1) is 11.9 Å². The van der Waals surface area contributed by atoms with Crippen molar-refractivity contribution in [3.8, 4) is 11.3 Å². The van der Waals surface area contributed by atoms with Crippen LogP contribution in [-0.4, -0.2) is 16.1 Å². The van der Waals surface area contributed by atoms with E-state index in [0.717, 1.165) is 12.0 Å². The minimum atomic E-state index is -0.308. The zero-order valence-electron chi connectivity index (χ0n) is 16.2. The molecule has 2 N–H and O–H groups in total. The van der Waals surface area contributed by atoms with Gasteiger partial charge in [-0.15, -0.1) is 0 Å². The largest absolute Gasteiger partial charge is 0.348 e. The van der Waals surface area contributed by atoms with Crippen LogP contribution in [0.2, 0.25) is 0 Å². The molecule has 146 valence electrons. The van der Waals surface area contributed by atoms with Crippen molar-refractivity contribution in [3.05, 3.63) is 77.2 Å². The van der Waals surface area contributed by atoms with Gasteiger partial charge in [0.15, 0.2) is 0 Å². The number of aryl methyl sites for hydroxylation is 1. The molecule has 0 atom stereocenters. The highest BCUT2D eigenvalue weighted by molar-refractivity contribution is 5.94. The molecule has 1 heterocycles. The van der Waals surface area contributed by atoms with Crippen molar-refractivity contribution in [1.29, 1.82) is 0 Å². The van der Waals surface area contributed by atoms with Gasteiger partial charge < -0.3 is 5.32 Å². The highest BCUT2D eigenvalue weighted by Gasteiger charge is 2.11. The number of nitrogens with zero attached hydrogens (tertiary/aromatic N) is 1. The van der Waals surface area contributed by atoms with E-state index in [1.54, 1.807) is 18.3 Å². The smallest absolute Gasteiger partial charge is 0.251 e. The maximum atomic E-state index is 13.5. The monoisotopic (exact) mass is 379 g/mol. The molecule has 4 nitrogen and oxygen atoms in total. The number of H-pyrrole nitrogens is 1. The predicted octanol–water partition coefficient (Wildman–Crippen LogP) is 5.27. The minimum Gasteiger partial charge on any atom is -0.348 e. The highest BCUT2D eigenvalue weighted by atomic mass is 19.1. The molecule has 5 heteroatoms. The first kappa shape index (κ1) is 19.8. The molecule has 1 aromatic heterocycles. The molecule has 1 amide bonds. The molecule has 0 aliphatic heterocycles. The number of halogens is 1. The van der Waals surface area contributed by atoms with Crippen molar-refractivity contribution >= 4 is 5.91 Å². The van der Waals surface area contributed by atoms with E-state index in [2.05, 4.69) is 22.4 Å². The van der Waals surface area contributed by atoms with Crippen molar-refractivity contribution in [3.63, 3.8) is 0 Å². The van der Waals surface area contributed by atoms with Gasteiger partial charge in [0.25, 0.3) is 5.91 Å². The van der Waals surface area contributed by atoms with E-state index in [1.165, 1.54) is 43.4 Å². The number of amides is 1. The van der Waals surface area contributed by atoms with Crippen LogP contribution in [0.25, 0.3) is 11.3 Å². The number of hydrogen-bond donors (Lipinski definition) is 2. The third-order valence-electron chi connectivity index (χ3n) is 4.81. The maximum Gasteiger partial charge on any atom is 0.251 e. The average Bonchev–Trinajstić information content (AvgIpc) is 3.18. The number of carbonyl (C=O) groups excluding carboxylic acids is 1. The van der Waals surface area contributed by atoms with Gasteiger partial charge in [0.1, 0.15) is 5.82 Å². The number of carbonyl (C=O) groups is 1. The van der Waals surface area contributed by atoms with E-state index in [4.69, 9.17) is 0 Å². The summed E-state index contributed by atoms with van der Waals surface area (Å²) in [5.41, 5.74) is 4.12. The van der Waals surface area contributed by atoms with E-state index in [0.29, 0.717) is 23.4 Å². The van der Waals surface area contributed by atoms with Crippen LogP contribution in [-0.2, 0) is 13.0 Å². The van der Waals surface area contributed by atoms with Crippen molar-refractivity contribution in [1.82, 2.24) is 15.5 Å². The molecule has 0 aliphatic rings. The van der Waals surface area contributed by atoms with Gasteiger partial charge in [-0.25, -0.2) is 4.39 Å². The van der Waals surface area contributed by atoms with Crippen molar-refractivity contribution in [2.24, 2.45) is 0 Å². The Morgan fingerprint density at radius 1 is 1.11 bits per heavy atom. The van der Waals surface area contributed by atoms with Crippen molar-refractivity contribution in [2.75, 3.05) is 0 Å². The normalized spacial score (nSPS) is 10.8. The van der Waals surface area contributed by atoms with E-state index in [9.17, 15) is 9.18 Å². The molecule has 3 rings (SSSR count). The lowest BCUT2D eigenvalue weighted by molar-refractivity contribution is 0.0951. The Bertz CT molecular complexity index is 902. The summed E-state index contributed by atoms with van der Waals surface area (Å²) in [5.74, 6) is -0.444. The van der Waals surface area contributed by atoms with Crippen LogP contribution in [0.4, 0.5) is 4.39 Å². The van der Waals surface area contributed by atoms with Gasteiger partial charge in [0, 0.05) is 23.2 Å². The van der Waals surface area contributed by atoms with E-state index < -0.39 is 0 Å². The summed E-state index contributed by atoms with van der Waals surface area (Å²) in [6, 6.07) is 14.1. The number of rotatable bonds is 9. The summed E-state index contributed by atoms with van der Waals surface area (Å²) in [4.78, 5) is 12.5. The fraction of sp³-hybridized carbons (Fsp3) is 0.304. The Labute approximate surface area is 165 Å². The quantitative estimate of drug-likeness (QED) is 0.498. The van der Waals surface area contributed by atoms with Crippen LogP contribution in [0.15, 0.2) is 54.7 Å². The molecular formula is C23H26FN3O. The Hall–Kier alpha value is -2.95. The molecule has 0 saturated carbocycles. The second kappa shape index (κ2) is 9.83. The van der Waals surface area contributed by atoms with E-state index >= 15 is 0 Å². The Balaban J connectivity index is 1.57. The first-order valence-electron chi connectivity index (χ1n) is 9.82. The minimum absolute atomic E-state index is 0.135. The predicted molar refractivity (Wildman–Crippen MR) is 109 cm³/mol. The summed E-state index contributed by atoms with van der Waals surface area (Å²) < 4.78 is 13.5. The van der Waals surface area contributed by atoms with E-state index in [-0.39, 0.29) is 11.7 Å². The molecule has 0 aliphatic carbocycles. The van der Waals surface area contributed by atoms with Crippen molar-refractivity contribution in [2.45, 2.75) is 45.6 Å². The van der Waals surface area contributed by atoms with Crippen LogP contribution < -0.4 is 5.32 Å². The lowest BCUT2D eigenvalue weighted by atomic mass is 10.0. The van der Waals surface area contributed by atoms with Crippen molar-refractivity contribution < 1.29 is 9.18 Å². The fourth-order valence-electron chi connectivity index (χ4n) is 3.20. The number of unbranched alkanes of at least 4 members (excludes halogenated alkanes) is 3. The Morgan fingerprint density at radius 3 is 2.68 bits per heavy atom. The number of nitrogens with one attached hydrogen (secondary N) is 2. The van der Waals surface area contributed by atoms with E-state index in [1.807, 2.05) is 24.3 Å². The molecule has 0 saturated heterocycles. The molecule has 0 bridgehead atoms. The summed E-state index contributed by atoms with van der Waals surface area (Å²) >= 11 is 0. The number of aromatic nitrogens is 2. The Kier molecular flexibility index (Phi) is 6.95. The summed E-state index contributed by atoms with van der Waals surface area (Å²) in [5, 5.41) is 9.83. The van der Waals surface area contributed by atoms with Gasteiger partial charge in [-0.2, -0.15) is 5.10 Å². The maximum absolute atomic E-state index is 13.5. The van der Waals surface area contributed by atoms with Gasteiger partial charge in [-0.05, 0) is 42.7 Å². The number of benzene rings is 2. The topological polar surface area (TPSA) is 57.8 Å². The zero-order chi connectivity index (χ0) is 19.8.